The van der Waals surface area contributed by atoms with Crippen molar-refractivity contribution in [2.45, 2.75) is 37.1 Å². The minimum Gasteiger partial charge on any atom is -0.317 e. The zero-order chi connectivity index (χ0) is 13.7. The first kappa shape index (κ1) is 15.4. The van der Waals surface area contributed by atoms with Crippen molar-refractivity contribution in [3.05, 3.63) is 0 Å². The van der Waals surface area contributed by atoms with Crippen LogP contribution in [0.2, 0.25) is 0 Å². The van der Waals surface area contributed by atoms with Gasteiger partial charge in [-0.05, 0) is 45.3 Å². The van der Waals surface area contributed by atoms with E-state index in [0.717, 1.165) is 31.9 Å². The van der Waals surface area contributed by atoms with Gasteiger partial charge in [0.25, 0.3) is 0 Å². The van der Waals surface area contributed by atoms with Crippen molar-refractivity contribution in [3.63, 3.8) is 0 Å². The summed E-state index contributed by atoms with van der Waals surface area (Å²) in [5.74, 6) is -0.139. The molecular weight excluding hydrogens is 273 g/mol. The highest BCUT2D eigenvalue weighted by atomic mass is 32.2. The van der Waals surface area contributed by atoms with Gasteiger partial charge in [0.2, 0.25) is 0 Å². The Morgan fingerprint density at radius 2 is 1.89 bits per heavy atom. The Labute approximate surface area is 117 Å². The molecule has 0 amide bonds. The number of alkyl halides is 3. The molecule has 1 unspecified atom stereocenters. The number of nitrogens with one attached hydrogen (secondary N) is 1. The first-order valence-electron chi connectivity index (χ1n) is 7.17. The number of thioether (sulfide) groups is 1. The van der Waals surface area contributed by atoms with Crippen LogP contribution < -0.4 is 5.32 Å². The van der Waals surface area contributed by atoms with E-state index in [0.29, 0.717) is 18.1 Å². The topological polar surface area (TPSA) is 15.3 Å². The van der Waals surface area contributed by atoms with Gasteiger partial charge in [-0.1, -0.05) is 0 Å². The number of rotatable bonds is 4. The second-order valence-corrected chi connectivity index (χ2v) is 6.91. The van der Waals surface area contributed by atoms with Gasteiger partial charge < -0.3 is 10.2 Å². The predicted octanol–water partition coefficient (Wildman–Crippen LogP) is 2.75. The van der Waals surface area contributed by atoms with Crippen molar-refractivity contribution in [1.82, 2.24) is 10.2 Å². The summed E-state index contributed by atoms with van der Waals surface area (Å²) in [7, 11) is 0. The normalized spacial score (nSPS) is 27.6. The van der Waals surface area contributed by atoms with E-state index in [1.165, 1.54) is 12.8 Å². The summed E-state index contributed by atoms with van der Waals surface area (Å²) in [6.07, 6.45) is -0.643. The van der Waals surface area contributed by atoms with Crippen LogP contribution in [-0.2, 0) is 0 Å². The average Bonchev–Trinajstić information content (AvgIpc) is 2.39. The molecule has 6 heteroatoms. The number of halogens is 3. The number of likely N-dealkylation sites (tertiary alicyclic amines) is 1. The van der Waals surface area contributed by atoms with Gasteiger partial charge in [-0.25, -0.2) is 0 Å². The fourth-order valence-electron chi connectivity index (χ4n) is 2.84. The van der Waals surface area contributed by atoms with Gasteiger partial charge in [-0.15, -0.1) is 0 Å². The Morgan fingerprint density at radius 1 is 1.16 bits per heavy atom. The minimum absolute atomic E-state index is 0.205. The number of nitrogens with zero attached hydrogens (tertiary/aromatic N) is 1. The summed E-state index contributed by atoms with van der Waals surface area (Å²) in [5.41, 5.74) is 0. The van der Waals surface area contributed by atoms with Crippen LogP contribution in [-0.4, -0.2) is 54.8 Å². The van der Waals surface area contributed by atoms with Crippen molar-refractivity contribution in [3.8, 4) is 0 Å². The van der Waals surface area contributed by atoms with E-state index >= 15 is 0 Å². The fraction of sp³-hybridized carbons (Fsp3) is 1.00. The molecule has 2 aliphatic heterocycles. The van der Waals surface area contributed by atoms with Crippen LogP contribution in [0.1, 0.15) is 25.7 Å². The highest BCUT2D eigenvalue weighted by molar-refractivity contribution is 7.99. The molecule has 0 spiro atoms. The van der Waals surface area contributed by atoms with Crippen molar-refractivity contribution < 1.29 is 13.2 Å². The zero-order valence-corrected chi connectivity index (χ0v) is 12.0. The minimum atomic E-state index is -4.01. The molecule has 0 aromatic heterocycles. The largest absolute Gasteiger partial charge is 0.393 e. The molecule has 0 bridgehead atoms. The quantitative estimate of drug-likeness (QED) is 0.859. The Balaban J connectivity index is 1.65. The summed E-state index contributed by atoms with van der Waals surface area (Å²) in [5, 5.41) is 4.03. The highest BCUT2D eigenvalue weighted by Crippen LogP contribution is 2.33. The van der Waals surface area contributed by atoms with E-state index in [-0.39, 0.29) is 6.54 Å². The maximum atomic E-state index is 12.7. The van der Waals surface area contributed by atoms with Crippen molar-refractivity contribution in [2.75, 3.05) is 38.5 Å². The summed E-state index contributed by atoms with van der Waals surface area (Å²) in [4.78, 5) is 2.00. The van der Waals surface area contributed by atoms with Gasteiger partial charge in [0.05, 0.1) is 5.92 Å². The maximum Gasteiger partial charge on any atom is 0.393 e. The van der Waals surface area contributed by atoms with Gasteiger partial charge in [0, 0.05) is 24.1 Å². The molecule has 0 aromatic carbocycles. The highest BCUT2D eigenvalue weighted by Gasteiger charge is 2.41. The predicted molar refractivity (Wildman–Crippen MR) is 73.6 cm³/mol. The Morgan fingerprint density at radius 3 is 2.58 bits per heavy atom. The first-order chi connectivity index (χ1) is 9.05. The zero-order valence-electron chi connectivity index (χ0n) is 11.2. The second-order valence-electron chi connectivity index (χ2n) is 5.50. The van der Waals surface area contributed by atoms with E-state index in [2.05, 4.69) is 5.32 Å². The lowest BCUT2D eigenvalue weighted by atomic mass is 9.98. The second kappa shape index (κ2) is 7.18. The Bertz CT molecular complexity index is 267. The van der Waals surface area contributed by atoms with E-state index in [9.17, 15) is 13.2 Å². The lowest BCUT2D eigenvalue weighted by Gasteiger charge is -2.34. The van der Waals surface area contributed by atoms with Gasteiger partial charge in [0.15, 0.2) is 0 Å². The van der Waals surface area contributed by atoms with Crippen molar-refractivity contribution in [1.29, 1.82) is 0 Å². The fourth-order valence-corrected chi connectivity index (χ4v) is 4.10. The van der Waals surface area contributed by atoms with Gasteiger partial charge in [-0.2, -0.15) is 24.9 Å². The van der Waals surface area contributed by atoms with Crippen LogP contribution in [0.3, 0.4) is 0 Å². The summed E-state index contributed by atoms with van der Waals surface area (Å²) in [6.45, 7) is 4.01. The monoisotopic (exact) mass is 296 g/mol. The molecule has 1 N–H and O–H groups in total. The number of hydrogen-bond acceptors (Lipinski definition) is 3. The van der Waals surface area contributed by atoms with E-state index in [1.54, 1.807) is 0 Å². The van der Waals surface area contributed by atoms with Gasteiger partial charge >= 0.3 is 6.18 Å². The van der Waals surface area contributed by atoms with Crippen LogP contribution in [0.4, 0.5) is 13.2 Å². The van der Waals surface area contributed by atoms with Crippen LogP contribution in [0.25, 0.3) is 0 Å². The third-order valence-electron chi connectivity index (χ3n) is 4.02. The molecule has 0 radical (unpaired) electrons. The molecule has 2 nitrogen and oxygen atoms in total. The van der Waals surface area contributed by atoms with Crippen LogP contribution in [0.15, 0.2) is 0 Å². The van der Waals surface area contributed by atoms with Crippen LogP contribution in [0, 0.1) is 5.92 Å². The average molecular weight is 296 g/mol. The van der Waals surface area contributed by atoms with Crippen LogP contribution in [0.5, 0.6) is 0 Å². The summed E-state index contributed by atoms with van der Waals surface area (Å²) < 4.78 is 38.1. The van der Waals surface area contributed by atoms with Crippen LogP contribution >= 0.6 is 11.8 Å². The Kier molecular flexibility index (Phi) is 5.84. The first-order valence-corrected chi connectivity index (χ1v) is 8.22. The third-order valence-corrected chi connectivity index (χ3v) is 5.38. The van der Waals surface area contributed by atoms with Crippen molar-refractivity contribution in [2.24, 2.45) is 5.92 Å². The van der Waals surface area contributed by atoms with Gasteiger partial charge in [0.1, 0.15) is 0 Å². The lowest BCUT2D eigenvalue weighted by Crippen LogP contribution is -2.42. The molecule has 2 saturated heterocycles. The lowest BCUT2D eigenvalue weighted by molar-refractivity contribution is -0.186. The smallest absolute Gasteiger partial charge is 0.317 e. The van der Waals surface area contributed by atoms with E-state index in [1.807, 2.05) is 16.7 Å². The number of hydrogen-bond donors (Lipinski definition) is 1. The third kappa shape index (κ3) is 5.16. The molecule has 19 heavy (non-hydrogen) atoms. The Hall–Kier alpha value is 0.0600. The molecule has 2 rings (SSSR count). The van der Waals surface area contributed by atoms with E-state index < -0.39 is 12.1 Å². The summed E-state index contributed by atoms with van der Waals surface area (Å²) >= 11 is 1.94. The molecule has 2 heterocycles. The molecule has 2 aliphatic rings. The molecule has 0 aromatic rings. The molecule has 1 atom stereocenters. The molecule has 0 aliphatic carbocycles. The summed E-state index contributed by atoms with van der Waals surface area (Å²) in [6, 6.07) is 0. The molecule has 0 saturated carbocycles. The SMILES string of the molecule is FC(F)(F)C1CCCN(CCSC2CCNCC2)C1. The van der Waals surface area contributed by atoms with Gasteiger partial charge in [-0.3, -0.25) is 0 Å². The molecule has 112 valence electrons. The standard InChI is InChI=1S/C13H23F3N2S/c14-13(15,16)11-2-1-7-18(10-11)8-9-19-12-3-5-17-6-4-12/h11-12,17H,1-10H2. The molecule has 2 fully saturated rings. The van der Waals surface area contributed by atoms with E-state index in [4.69, 9.17) is 0 Å². The van der Waals surface area contributed by atoms with Crippen molar-refractivity contribution >= 4 is 11.8 Å². The number of piperidine rings is 2. The molecular formula is C13H23F3N2S. The maximum absolute atomic E-state index is 12.7.